The van der Waals surface area contributed by atoms with E-state index in [0.717, 1.165) is 38.4 Å². The Morgan fingerprint density at radius 1 is 1.36 bits per heavy atom. The first-order valence-electron chi connectivity index (χ1n) is 5.41. The minimum Gasteiger partial charge on any atom is -0.337 e. The molecule has 0 saturated carbocycles. The predicted molar refractivity (Wildman–Crippen MR) is 57.3 cm³/mol. The van der Waals surface area contributed by atoms with Gasteiger partial charge in [0.1, 0.15) is 0 Å². The molecule has 0 spiro atoms. The molecule has 82 valence electrons. The van der Waals surface area contributed by atoms with Crippen LogP contribution >= 0.6 is 0 Å². The zero-order valence-corrected chi connectivity index (χ0v) is 9.18. The summed E-state index contributed by atoms with van der Waals surface area (Å²) in [5.41, 5.74) is 0. The average Bonchev–Trinajstić information content (AvgIpc) is 2.19. The van der Waals surface area contributed by atoms with Gasteiger partial charge in [0.15, 0.2) is 0 Å². The Bertz CT molecular complexity index is 176. The SMILES string of the molecule is CNCCNC(=O)N1CCC(C)CC1. The second kappa shape index (κ2) is 5.86. The van der Waals surface area contributed by atoms with Crippen LogP contribution in [0.2, 0.25) is 0 Å². The Kier molecular flexibility index (Phi) is 4.73. The van der Waals surface area contributed by atoms with Crippen LogP contribution in [0.25, 0.3) is 0 Å². The zero-order valence-electron chi connectivity index (χ0n) is 9.18. The molecular formula is C10H21N3O. The topological polar surface area (TPSA) is 44.4 Å². The van der Waals surface area contributed by atoms with Gasteiger partial charge in [0.05, 0.1) is 0 Å². The standard InChI is InChI=1S/C10H21N3O/c1-9-3-7-13(8-4-9)10(14)12-6-5-11-2/h9,11H,3-8H2,1-2H3,(H,12,14). The van der Waals surface area contributed by atoms with Crippen LogP contribution in [0.3, 0.4) is 0 Å². The van der Waals surface area contributed by atoms with E-state index in [0.29, 0.717) is 6.54 Å². The van der Waals surface area contributed by atoms with Crippen molar-refractivity contribution in [3.63, 3.8) is 0 Å². The first-order valence-corrected chi connectivity index (χ1v) is 5.41. The number of hydrogen-bond acceptors (Lipinski definition) is 2. The number of carbonyl (C=O) groups is 1. The molecule has 2 amide bonds. The second-order valence-electron chi connectivity index (χ2n) is 4.01. The molecule has 1 aliphatic rings. The third-order valence-corrected chi connectivity index (χ3v) is 2.72. The van der Waals surface area contributed by atoms with Gasteiger partial charge in [-0.3, -0.25) is 0 Å². The molecule has 2 N–H and O–H groups in total. The number of nitrogens with zero attached hydrogens (tertiary/aromatic N) is 1. The minimum atomic E-state index is 0.0900. The molecular weight excluding hydrogens is 178 g/mol. The molecule has 0 aromatic carbocycles. The zero-order chi connectivity index (χ0) is 10.4. The van der Waals surface area contributed by atoms with E-state index in [1.54, 1.807) is 0 Å². The summed E-state index contributed by atoms with van der Waals surface area (Å²) >= 11 is 0. The van der Waals surface area contributed by atoms with Crippen molar-refractivity contribution in [2.75, 3.05) is 33.2 Å². The molecule has 4 nitrogen and oxygen atoms in total. The van der Waals surface area contributed by atoms with Crippen LogP contribution in [0.5, 0.6) is 0 Å². The van der Waals surface area contributed by atoms with Gasteiger partial charge in [0, 0.05) is 26.2 Å². The molecule has 1 heterocycles. The summed E-state index contributed by atoms with van der Waals surface area (Å²) < 4.78 is 0. The number of amides is 2. The maximum atomic E-state index is 11.6. The molecule has 4 heteroatoms. The third-order valence-electron chi connectivity index (χ3n) is 2.72. The summed E-state index contributed by atoms with van der Waals surface area (Å²) in [5.74, 6) is 0.774. The van der Waals surface area contributed by atoms with Gasteiger partial charge >= 0.3 is 6.03 Å². The van der Waals surface area contributed by atoms with Crippen LogP contribution in [0, 0.1) is 5.92 Å². The van der Waals surface area contributed by atoms with Gasteiger partial charge in [0.25, 0.3) is 0 Å². The van der Waals surface area contributed by atoms with E-state index < -0.39 is 0 Å². The maximum Gasteiger partial charge on any atom is 0.317 e. The lowest BCUT2D eigenvalue weighted by atomic mass is 10.00. The van der Waals surface area contributed by atoms with E-state index >= 15 is 0 Å². The molecule has 1 aliphatic heterocycles. The van der Waals surface area contributed by atoms with E-state index in [1.807, 2.05) is 11.9 Å². The first kappa shape index (κ1) is 11.3. The van der Waals surface area contributed by atoms with Crippen LogP contribution < -0.4 is 10.6 Å². The number of likely N-dealkylation sites (N-methyl/N-ethyl adjacent to an activating group) is 1. The fraction of sp³-hybridized carbons (Fsp3) is 0.900. The number of nitrogens with one attached hydrogen (secondary N) is 2. The summed E-state index contributed by atoms with van der Waals surface area (Å²) in [5, 5.41) is 5.89. The summed E-state index contributed by atoms with van der Waals surface area (Å²) in [7, 11) is 1.88. The molecule has 1 saturated heterocycles. The number of piperidine rings is 1. The van der Waals surface area contributed by atoms with Gasteiger partial charge in [-0.2, -0.15) is 0 Å². The average molecular weight is 199 g/mol. The molecule has 0 aromatic heterocycles. The smallest absolute Gasteiger partial charge is 0.317 e. The van der Waals surface area contributed by atoms with Crippen LogP contribution in [0.4, 0.5) is 4.79 Å². The van der Waals surface area contributed by atoms with E-state index in [9.17, 15) is 4.79 Å². The maximum absolute atomic E-state index is 11.6. The van der Waals surface area contributed by atoms with Gasteiger partial charge in [0.2, 0.25) is 0 Å². The van der Waals surface area contributed by atoms with Crippen molar-refractivity contribution in [2.24, 2.45) is 5.92 Å². The van der Waals surface area contributed by atoms with Crippen LogP contribution in [0.15, 0.2) is 0 Å². The van der Waals surface area contributed by atoms with Gasteiger partial charge in [-0.15, -0.1) is 0 Å². The Hall–Kier alpha value is -0.770. The molecule has 1 rings (SSSR count). The predicted octanol–water partition coefficient (Wildman–Crippen LogP) is 0.647. The Balaban J connectivity index is 2.17. The highest BCUT2D eigenvalue weighted by atomic mass is 16.2. The van der Waals surface area contributed by atoms with Gasteiger partial charge in [-0.05, 0) is 25.8 Å². The number of urea groups is 1. The molecule has 0 unspecified atom stereocenters. The number of hydrogen-bond donors (Lipinski definition) is 2. The Morgan fingerprint density at radius 2 is 2.00 bits per heavy atom. The molecule has 0 atom stereocenters. The first-order chi connectivity index (χ1) is 6.74. The number of likely N-dealkylation sites (tertiary alicyclic amines) is 1. The van der Waals surface area contributed by atoms with Crippen molar-refractivity contribution in [3.05, 3.63) is 0 Å². The van der Waals surface area contributed by atoms with Crippen molar-refractivity contribution >= 4 is 6.03 Å². The van der Waals surface area contributed by atoms with Crippen molar-refractivity contribution in [1.29, 1.82) is 0 Å². The van der Waals surface area contributed by atoms with E-state index in [1.165, 1.54) is 0 Å². The molecule has 1 fully saturated rings. The van der Waals surface area contributed by atoms with E-state index in [2.05, 4.69) is 17.6 Å². The highest BCUT2D eigenvalue weighted by Gasteiger charge is 2.19. The molecule has 0 aliphatic carbocycles. The lowest BCUT2D eigenvalue weighted by Crippen LogP contribution is -2.45. The quantitative estimate of drug-likeness (QED) is 0.655. The van der Waals surface area contributed by atoms with Gasteiger partial charge in [-0.1, -0.05) is 6.92 Å². The summed E-state index contributed by atoms with van der Waals surface area (Å²) in [6.45, 7) is 5.60. The molecule has 0 radical (unpaired) electrons. The Morgan fingerprint density at radius 3 is 2.57 bits per heavy atom. The van der Waals surface area contributed by atoms with Crippen LogP contribution in [-0.2, 0) is 0 Å². The molecule has 14 heavy (non-hydrogen) atoms. The van der Waals surface area contributed by atoms with Gasteiger partial charge < -0.3 is 15.5 Å². The van der Waals surface area contributed by atoms with Crippen molar-refractivity contribution in [1.82, 2.24) is 15.5 Å². The van der Waals surface area contributed by atoms with Crippen molar-refractivity contribution in [2.45, 2.75) is 19.8 Å². The van der Waals surface area contributed by atoms with Crippen LogP contribution in [-0.4, -0.2) is 44.2 Å². The summed E-state index contributed by atoms with van der Waals surface area (Å²) in [6, 6.07) is 0.0900. The lowest BCUT2D eigenvalue weighted by Gasteiger charge is -2.30. The lowest BCUT2D eigenvalue weighted by molar-refractivity contribution is 0.174. The summed E-state index contributed by atoms with van der Waals surface area (Å²) in [6.07, 6.45) is 2.28. The van der Waals surface area contributed by atoms with E-state index in [-0.39, 0.29) is 6.03 Å². The van der Waals surface area contributed by atoms with Crippen LogP contribution in [0.1, 0.15) is 19.8 Å². The number of carbonyl (C=O) groups excluding carboxylic acids is 1. The van der Waals surface area contributed by atoms with E-state index in [4.69, 9.17) is 0 Å². The normalized spacial score (nSPS) is 18.3. The third kappa shape index (κ3) is 3.54. The monoisotopic (exact) mass is 199 g/mol. The Labute approximate surface area is 86.0 Å². The molecule has 0 aromatic rings. The summed E-state index contributed by atoms with van der Waals surface area (Å²) in [4.78, 5) is 13.5. The fourth-order valence-corrected chi connectivity index (χ4v) is 1.62. The van der Waals surface area contributed by atoms with Crippen molar-refractivity contribution in [3.8, 4) is 0 Å². The van der Waals surface area contributed by atoms with Gasteiger partial charge in [-0.25, -0.2) is 4.79 Å². The highest BCUT2D eigenvalue weighted by Crippen LogP contribution is 2.15. The minimum absolute atomic E-state index is 0.0900. The van der Waals surface area contributed by atoms with Crippen molar-refractivity contribution < 1.29 is 4.79 Å². The largest absolute Gasteiger partial charge is 0.337 e. The number of rotatable bonds is 3. The second-order valence-corrected chi connectivity index (χ2v) is 4.01. The fourth-order valence-electron chi connectivity index (χ4n) is 1.62. The molecule has 0 bridgehead atoms. The highest BCUT2D eigenvalue weighted by molar-refractivity contribution is 5.74.